The van der Waals surface area contributed by atoms with Gasteiger partial charge in [0.2, 0.25) is 6.34 Å². The summed E-state index contributed by atoms with van der Waals surface area (Å²) in [5, 5.41) is 0. The number of hydrogen-bond acceptors (Lipinski definition) is 5. The molecule has 6 nitrogen and oxygen atoms in total. The monoisotopic (exact) mass is 367 g/mol. The molecule has 2 N–H and O–H groups in total. The highest BCUT2D eigenvalue weighted by atomic mass is 35.5. The summed E-state index contributed by atoms with van der Waals surface area (Å²) in [7, 11) is -2.48. The first kappa shape index (κ1) is 22.8. The van der Waals surface area contributed by atoms with Crippen molar-refractivity contribution in [3.63, 3.8) is 0 Å². The molecule has 1 aliphatic heterocycles. The fraction of sp³-hybridized carbons (Fsp3) is 0.933. The number of halogens is 1. The molecule has 138 valence electrons. The molecule has 0 atom stereocenters. The summed E-state index contributed by atoms with van der Waals surface area (Å²) >= 11 is 0. The molecular formula is C15H34ClN3O3Si. The lowest BCUT2D eigenvalue weighted by atomic mass is 10.4. The Labute approximate surface area is 148 Å². The van der Waals surface area contributed by atoms with Gasteiger partial charge in [-0.05, 0) is 40.2 Å². The summed E-state index contributed by atoms with van der Waals surface area (Å²) in [6, 6.07) is 0.885. The molecule has 0 spiro atoms. The normalized spacial score (nSPS) is 14.8. The first-order valence-electron chi connectivity index (χ1n) is 8.64. The van der Waals surface area contributed by atoms with Crippen molar-refractivity contribution in [1.29, 1.82) is 0 Å². The number of hydrogen-bond donors (Lipinski definition) is 1. The van der Waals surface area contributed by atoms with Gasteiger partial charge in [0.25, 0.3) is 0 Å². The van der Waals surface area contributed by atoms with Crippen molar-refractivity contribution in [2.24, 2.45) is 5.73 Å². The van der Waals surface area contributed by atoms with Crippen LogP contribution in [0.1, 0.15) is 33.6 Å². The van der Waals surface area contributed by atoms with Gasteiger partial charge in [-0.2, -0.15) is 0 Å². The van der Waals surface area contributed by atoms with E-state index in [-0.39, 0.29) is 12.4 Å². The third-order valence-corrected chi connectivity index (χ3v) is 6.82. The predicted molar refractivity (Wildman–Crippen MR) is 91.4 cm³/mol. The predicted octanol–water partition coefficient (Wildman–Crippen LogP) is -1.87. The molecule has 0 saturated heterocycles. The molecule has 0 aromatic carbocycles. The molecular weight excluding hydrogens is 334 g/mol. The smallest absolute Gasteiger partial charge is 0.501 e. The van der Waals surface area contributed by atoms with Crippen LogP contribution in [0.3, 0.4) is 0 Å². The van der Waals surface area contributed by atoms with E-state index >= 15 is 0 Å². The minimum absolute atomic E-state index is 0. The van der Waals surface area contributed by atoms with Crippen LogP contribution in [0, 0.1) is 0 Å². The van der Waals surface area contributed by atoms with Gasteiger partial charge in [-0.25, -0.2) is 0 Å². The number of nitrogens with two attached hydrogens (primary N) is 1. The summed E-state index contributed by atoms with van der Waals surface area (Å²) < 4.78 is 20.0. The Bertz CT molecular complexity index is 318. The number of rotatable bonds is 13. The van der Waals surface area contributed by atoms with Crippen LogP contribution < -0.4 is 18.1 Å². The van der Waals surface area contributed by atoms with E-state index in [4.69, 9.17) is 19.0 Å². The molecule has 0 unspecified atom stereocenters. The van der Waals surface area contributed by atoms with Gasteiger partial charge in [-0.3, -0.25) is 9.48 Å². The molecule has 0 aliphatic carbocycles. The van der Waals surface area contributed by atoms with Gasteiger partial charge in [-0.15, -0.1) is 0 Å². The fourth-order valence-corrected chi connectivity index (χ4v) is 5.33. The molecule has 0 radical (unpaired) electrons. The molecule has 23 heavy (non-hydrogen) atoms. The molecule has 0 fully saturated rings. The zero-order valence-electron chi connectivity index (χ0n) is 14.9. The minimum atomic E-state index is -2.48. The average Bonchev–Trinajstić information content (AvgIpc) is 2.94. The molecule has 8 heteroatoms. The van der Waals surface area contributed by atoms with Gasteiger partial charge < -0.3 is 31.4 Å². The largest absolute Gasteiger partial charge is 1.00 e. The zero-order valence-corrected chi connectivity index (χ0v) is 16.7. The Hall–Kier alpha value is -0.183. The highest BCUT2D eigenvalue weighted by molar-refractivity contribution is 6.60. The van der Waals surface area contributed by atoms with E-state index in [0.29, 0.717) is 19.8 Å². The van der Waals surface area contributed by atoms with Crippen LogP contribution in [0.4, 0.5) is 0 Å². The van der Waals surface area contributed by atoms with Gasteiger partial charge in [0.15, 0.2) is 0 Å². The summed E-state index contributed by atoms with van der Waals surface area (Å²) in [5.74, 6) is 0. The van der Waals surface area contributed by atoms with E-state index < -0.39 is 8.80 Å². The second kappa shape index (κ2) is 13.1. The second-order valence-electron chi connectivity index (χ2n) is 5.42. The molecule has 1 rings (SSSR count). The lowest BCUT2D eigenvalue weighted by Crippen LogP contribution is -3.00. The summed E-state index contributed by atoms with van der Waals surface area (Å²) in [6.45, 7) is 13.0. The van der Waals surface area contributed by atoms with Gasteiger partial charge in [0.1, 0.15) is 13.1 Å². The molecule has 1 aliphatic rings. The van der Waals surface area contributed by atoms with Crippen molar-refractivity contribution >= 4 is 15.1 Å². The third kappa shape index (κ3) is 8.46. The van der Waals surface area contributed by atoms with E-state index in [2.05, 4.69) is 15.8 Å². The Balaban J connectivity index is 0.00000484. The van der Waals surface area contributed by atoms with Crippen LogP contribution in [0.15, 0.2) is 0 Å². The van der Waals surface area contributed by atoms with E-state index in [0.717, 1.165) is 51.6 Å². The van der Waals surface area contributed by atoms with Gasteiger partial charge in [0, 0.05) is 25.9 Å². The summed E-state index contributed by atoms with van der Waals surface area (Å²) in [5.41, 5.74) is 5.56. The Morgan fingerprint density at radius 2 is 1.70 bits per heavy atom. The van der Waals surface area contributed by atoms with Crippen LogP contribution in [0.25, 0.3) is 0 Å². The van der Waals surface area contributed by atoms with E-state index in [1.807, 2.05) is 20.8 Å². The van der Waals surface area contributed by atoms with Crippen molar-refractivity contribution < 1.29 is 30.3 Å². The van der Waals surface area contributed by atoms with Crippen molar-refractivity contribution in [1.82, 2.24) is 4.90 Å². The topological polar surface area (TPSA) is 60.0 Å². The van der Waals surface area contributed by atoms with Gasteiger partial charge >= 0.3 is 8.80 Å². The minimum Gasteiger partial charge on any atom is -1.00 e. The van der Waals surface area contributed by atoms with Crippen LogP contribution in [0.2, 0.25) is 6.04 Å². The maximum absolute atomic E-state index is 5.89. The van der Waals surface area contributed by atoms with E-state index in [1.54, 1.807) is 0 Å². The summed E-state index contributed by atoms with van der Waals surface area (Å²) in [4.78, 5) is 2.35. The van der Waals surface area contributed by atoms with Crippen molar-refractivity contribution in [2.45, 2.75) is 39.7 Å². The van der Waals surface area contributed by atoms with Crippen LogP contribution in [-0.4, -0.2) is 77.2 Å². The molecule has 1 heterocycles. The van der Waals surface area contributed by atoms with Crippen LogP contribution in [0.5, 0.6) is 0 Å². The number of nitrogens with zero attached hydrogens (tertiary/aromatic N) is 2. The standard InChI is InChI=1S/C15H34N3O3Si.ClH/c1-4-19-22(20-5-2,21-6-3)14-8-11-18-13-12-17(15-18)10-7-9-16;/h15H,4-14,16H2,1-3H3;1H/q+1;/p-1. The molecule has 0 bridgehead atoms. The lowest BCUT2D eigenvalue weighted by Gasteiger charge is -2.28. The zero-order chi connectivity index (χ0) is 16.3. The highest BCUT2D eigenvalue weighted by Gasteiger charge is 2.40. The first-order valence-corrected chi connectivity index (χ1v) is 10.6. The Kier molecular flexibility index (Phi) is 13.0. The second-order valence-corrected chi connectivity index (χ2v) is 8.15. The SMILES string of the molecule is CCO[Si](CCC[N+]1=CN(CCCN)CC1)(OCC)OCC.[Cl-]. The maximum atomic E-state index is 5.89. The van der Waals surface area contributed by atoms with Crippen molar-refractivity contribution in [3.8, 4) is 0 Å². The molecule has 0 amide bonds. The van der Waals surface area contributed by atoms with Crippen molar-refractivity contribution in [2.75, 3.05) is 52.5 Å². The fourth-order valence-electron chi connectivity index (χ4n) is 2.74. The Morgan fingerprint density at radius 1 is 1.09 bits per heavy atom. The Morgan fingerprint density at radius 3 is 2.22 bits per heavy atom. The maximum Gasteiger partial charge on any atom is 0.501 e. The van der Waals surface area contributed by atoms with Crippen molar-refractivity contribution in [3.05, 3.63) is 0 Å². The molecule has 0 aromatic rings. The highest BCUT2D eigenvalue weighted by Crippen LogP contribution is 2.18. The quantitative estimate of drug-likeness (QED) is 0.305. The van der Waals surface area contributed by atoms with Gasteiger partial charge in [-0.1, -0.05) is 0 Å². The third-order valence-electron chi connectivity index (χ3n) is 3.67. The summed E-state index contributed by atoms with van der Waals surface area (Å²) in [6.07, 6.45) is 4.33. The molecule has 0 aromatic heterocycles. The average molecular weight is 368 g/mol. The van der Waals surface area contributed by atoms with Crippen LogP contribution >= 0.6 is 0 Å². The van der Waals surface area contributed by atoms with Crippen LogP contribution in [-0.2, 0) is 13.3 Å². The first-order chi connectivity index (χ1) is 10.7. The molecule has 0 saturated carbocycles. The van der Waals surface area contributed by atoms with E-state index in [1.165, 1.54) is 0 Å². The van der Waals surface area contributed by atoms with Gasteiger partial charge in [0.05, 0.1) is 13.1 Å². The van der Waals surface area contributed by atoms with E-state index in [9.17, 15) is 0 Å². The lowest BCUT2D eigenvalue weighted by molar-refractivity contribution is -0.513.